The molecule has 27 heavy (non-hydrogen) atoms. The van der Waals surface area contributed by atoms with Crippen LogP contribution in [0.2, 0.25) is 0 Å². The van der Waals surface area contributed by atoms with Gasteiger partial charge in [0, 0.05) is 57.0 Å². The molecule has 0 aliphatic carbocycles. The molecule has 1 saturated heterocycles. The molecule has 2 heterocycles. The van der Waals surface area contributed by atoms with Crippen molar-refractivity contribution < 1.29 is 14.4 Å². The van der Waals surface area contributed by atoms with E-state index in [1.807, 2.05) is 20.8 Å². The van der Waals surface area contributed by atoms with E-state index in [-0.39, 0.29) is 41.4 Å². The summed E-state index contributed by atoms with van der Waals surface area (Å²) < 4.78 is 1.50. The molecule has 2 rings (SSSR count). The predicted octanol–water partition coefficient (Wildman–Crippen LogP) is 0.456. The van der Waals surface area contributed by atoms with Crippen LogP contribution in [-0.4, -0.2) is 63.8 Å². The molecule has 0 saturated carbocycles. The zero-order valence-corrected chi connectivity index (χ0v) is 16.4. The van der Waals surface area contributed by atoms with Crippen LogP contribution in [0, 0.1) is 0 Å². The monoisotopic (exact) mass is 376 g/mol. The van der Waals surface area contributed by atoms with Crippen LogP contribution in [0.15, 0.2) is 23.1 Å². The Morgan fingerprint density at radius 1 is 1.22 bits per heavy atom. The number of likely N-dealkylation sites (N-methyl/N-ethyl adjacent to an activating group) is 1. The van der Waals surface area contributed by atoms with Crippen LogP contribution in [0.25, 0.3) is 0 Å². The summed E-state index contributed by atoms with van der Waals surface area (Å²) in [5.74, 6) is -0.667. The molecule has 8 nitrogen and oxygen atoms in total. The van der Waals surface area contributed by atoms with Crippen molar-refractivity contribution in [1.82, 2.24) is 19.7 Å². The Bertz CT molecular complexity index is 769. The van der Waals surface area contributed by atoms with Gasteiger partial charge in [-0.05, 0) is 33.3 Å². The molecule has 1 aliphatic heterocycles. The Morgan fingerprint density at radius 2 is 1.89 bits per heavy atom. The zero-order valence-electron chi connectivity index (χ0n) is 16.4. The highest BCUT2D eigenvalue weighted by Gasteiger charge is 2.40. The van der Waals surface area contributed by atoms with E-state index in [2.05, 4.69) is 5.32 Å². The van der Waals surface area contributed by atoms with Gasteiger partial charge >= 0.3 is 0 Å². The van der Waals surface area contributed by atoms with Gasteiger partial charge in [0.2, 0.25) is 11.8 Å². The van der Waals surface area contributed by atoms with E-state index in [0.717, 1.165) is 0 Å². The van der Waals surface area contributed by atoms with E-state index in [4.69, 9.17) is 0 Å². The van der Waals surface area contributed by atoms with Gasteiger partial charge in [-0.3, -0.25) is 19.2 Å². The summed E-state index contributed by atoms with van der Waals surface area (Å²) in [5, 5.41) is 2.85. The van der Waals surface area contributed by atoms with E-state index in [1.54, 1.807) is 17.2 Å². The summed E-state index contributed by atoms with van der Waals surface area (Å²) in [4.78, 5) is 52.3. The number of hydrogen-bond acceptors (Lipinski definition) is 4. The highest BCUT2D eigenvalue weighted by Crippen LogP contribution is 2.20. The van der Waals surface area contributed by atoms with Crippen molar-refractivity contribution >= 4 is 17.7 Å². The highest BCUT2D eigenvalue weighted by atomic mass is 16.2. The number of amides is 3. The fourth-order valence-corrected chi connectivity index (χ4v) is 3.45. The Kier molecular flexibility index (Phi) is 6.76. The summed E-state index contributed by atoms with van der Waals surface area (Å²) >= 11 is 0. The molecule has 1 aliphatic rings. The third-order valence-corrected chi connectivity index (χ3v) is 5.00. The number of carbonyl (C=O) groups excluding carboxylic acids is 3. The first-order valence-corrected chi connectivity index (χ1v) is 9.39. The molecule has 0 aromatic carbocycles. The quantitative estimate of drug-likeness (QED) is 0.781. The maximum absolute atomic E-state index is 12.7. The third-order valence-electron chi connectivity index (χ3n) is 5.00. The maximum Gasteiger partial charge on any atom is 0.251 e. The fraction of sp³-hybridized carbons (Fsp3) is 0.579. The van der Waals surface area contributed by atoms with Gasteiger partial charge in [0.1, 0.15) is 6.04 Å². The average Bonchev–Trinajstić information content (AvgIpc) is 3.06. The lowest BCUT2D eigenvalue weighted by atomic mass is 10.1. The molecule has 148 valence electrons. The number of nitrogens with one attached hydrogen (secondary N) is 1. The van der Waals surface area contributed by atoms with Crippen LogP contribution in [-0.2, 0) is 16.1 Å². The molecular weight excluding hydrogens is 348 g/mol. The van der Waals surface area contributed by atoms with Gasteiger partial charge in [-0.15, -0.1) is 0 Å². The molecule has 1 fully saturated rings. The van der Waals surface area contributed by atoms with Crippen LogP contribution in [0.5, 0.6) is 0 Å². The lowest BCUT2D eigenvalue weighted by Crippen LogP contribution is -2.47. The maximum atomic E-state index is 12.7. The highest BCUT2D eigenvalue weighted by molar-refractivity contribution is 5.94. The van der Waals surface area contributed by atoms with E-state index < -0.39 is 6.04 Å². The zero-order chi connectivity index (χ0) is 20.1. The molecule has 0 radical (unpaired) electrons. The van der Waals surface area contributed by atoms with E-state index in [1.165, 1.54) is 22.5 Å². The average molecular weight is 376 g/mol. The fourth-order valence-electron chi connectivity index (χ4n) is 3.45. The SMILES string of the molecule is CCN(CC)C(=O)[C@@H]1C[C@@H](NC(=O)c2ccn(CC)c(=O)c2)CN1C(C)=O. The van der Waals surface area contributed by atoms with Crippen LogP contribution < -0.4 is 10.9 Å². The third kappa shape index (κ3) is 4.56. The first-order valence-electron chi connectivity index (χ1n) is 9.39. The van der Waals surface area contributed by atoms with Gasteiger partial charge in [0.05, 0.1) is 0 Å². The van der Waals surface area contributed by atoms with Gasteiger partial charge in [0.25, 0.3) is 11.5 Å². The minimum atomic E-state index is -0.569. The number of aromatic nitrogens is 1. The van der Waals surface area contributed by atoms with Gasteiger partial charge < -0.3 is 19.7 Å². The Morgan fingerprint density at radius 3 is 2.41 bits per heavy atom. The van der Waals surface area contributed by atoms with Crippen molar-refractivity contribution in [3.05, 3.63) is 34.2 Å². The number of hydrogen-bond donors (Lipinski definition) is 1. The molecule has 1 N–H and O–H groups in total. The Balaban J connectivity index is 2.12. The second-order valence-electron chi connectivity index (χ2n) is 6.64. The van der Waals surface area contributed by atoms with E-state index in [9.17, 15) is 19.2 Å². The Labute approximate surface area is 159 Å². The minimum Gasteiger partial charge on any atom is -0.347 e. The second-order valence-corrected chi connectivity index (χ2v) is 6.64. The predicted molar refractivity (Wildman–Crippen MR) is 101 cm³/mol. The van der Waals surface area contributed by atoms with Crippen LogP contribution in [0.3, 0.4) is 0 Å². The van der Waals surface area contributed by atoms with Crippen molar-refractivity contribution in [1.29, 1.82) is 0 Å². The topological polar surface area (TPSA) is 91.7 Å². The largest absolute Gasteiger partial charge is 0.347 e. The summed E-state index contributed by atoms with van der Waals surface area (Å²) in [6.45, 7) is 9.03. The lowest BCUT2D eigenvalue weighted by Gasteiger charge is -2.28. The summed E-state index contributed by atoms with van der Waals surface area (Å²) in [5.41, 5.74) is 0.0362. The minimum absolute atomic E-state index is 0.0995. The molecule has 1 aromatic rings. The molecule has 2 atom stereocenters. The van der Waals surface area contributed by atoms with E-state index >= 15 is 0 Å². The van der Waals surface area contributed by atoms with Crippen molar-refractivity contribution in [3.8, 4) is 0 Å². The van der Waals surface area contributed by atoms with E-state index in [0.29, 0.717) is 26.1 Å². The summed E-state index contributed by atoms with van der Waals surface area (Å²) in [7, 11) is 0. The van der Waals surface area contributed by atoms with Gasteiger partial charge in [0.15, 0.2) is 0 Å². The number of pyridine rings is 1. The van der Waals surface area contributed by atoms with Crippen molar-refractivity contribution in [2.45, 2.75) is 52.7 Å². The van der Waals surface area contributed by atoms with Crippen LogP contribution >= 0.6 is 0 Å². The van der Waals surface area contributed by atoms with Crippen molar-refractivity contribution in [3.63, 3.8) is 0 Å². The summed E-state index contributed by atoms with van der Waals surface area (Å²) in [6, 6.07) is 1.99. The first kappa shape index (κ1) is 20.7. The Hall–Kier alpha value is -2.64. The number of carbonyl (C=O) groups is 3. The van der Waals surface area contributed by atoms with Crippen LogP contribution in [0.4, 0.5) is 0 Å². The van der Waals surface area contributed by atoms with Crippen molar-refractivity contribution in [2.24, 2.45) is 0 Å². The number of nitrogens with zero attached hydrogens (tertiary/aromatic N) is 3. The molecule has 0 bridgehead atoms. The molecule has 0 spiro atoms. The normalized spacial score (nSPS) is 19.0. The van der Waals surface area contributed by atoms with Crippen LogP contribution in [0.1, 0.15) is 44.5 Å². The number of rotatable bonds is 6. The second kappa shape index (κ2) is 8.83. The smallest absolute Gasteiger partial charge is 0.251 e. The lowest BCUT2D eigenvalue weighted by molar-refractivity contribution is -0.142. The van der Waals surface area contributed by atoms with Gasteiger partial charge in [-0.1, -0.05) is 0 Å². The van der Waals surface area contributed by atoms with Crippen molar-refractivity contribution in [2.75, 3.05) is 19.6 Å². The standard InChI is InChI=1S/C19H28N4O4/c1-5-21(6-2)19(27)16-11-15(12-23(16)13(4)24)20-18(26)14-8-9-22(7-3)17(25)10-14/h8-10,15-16H,5-7,11-12H2,1-4H3,(H,20,26)/t15-,16+/m1/s1. The molecule has 0 unspecified atom stereocenters. The van der Waals surface area contributed by atoms with Gasteiger partial charge in [-0.2, -0.15) is 0 Å². The molecule has 8 heteroatoms. The molecule has 3 amide bonds. The molecular formula is C19H28N4O4. The molecule has 1 aromatic heterocycles. The number of aryl methyl sites for hydroxylation is 1. The number of likely N-dealkylation sites (tertiary alicyclic amines) is 1. The first-order chi connectivity index (χ1) is 12.8. The van der Waals surface area contributed by atoms with Gasteiger partial charge in [-0.25, -0.2) is 0 Å². The summed E-state index contributed by atoms with van der Waals surface area (Å²) in [6.07, 6.45) is 1.95.